The Kier molecular flexibility index (Phi) is 5.42. The van der Waals surface area contributed by atoms with E-state index in [1.54, 1.807) is 6.92 Å². The third-order valence-electron chi connectivity index (χ3n) is 3.29. The zero-order valence-electron chi connectivity index (χ0n) is 11.5. The Hall–Kier alpha value is -1.54. The van der Waals surface area contributed by atoms with E-state index in [9.17, 15) is 9.46 Å². The lowest BCUT2D eigenvalue weighted by Gasteiger charge is -2.23. The topological polar surface area (TPSA) is 43.4 Å². The maximum absolute atomic E-state index is 11.3. The van der Waals surface area contributed by atoms with E-state index in [4.69, 9.17) is 0 Å². The molecule has 0 amide bonds. The molecular formula is C16H18NO2P. The first-order chi connectivity index (χ1) is 9.66. The minimum Gasteiger partial charge on any atom is -0.594 e. The quantitative estimate of drug-likeness (QED) is 0.767. The van der Waals surface area contributed by atoms with Gasteiger partial charge in [-0.05, 0) is 18.1 Å². The molecule has 0 saturated heterocycles. The van der Waals surface area contributed by atoms with Crippen LogP contribution >= 0.6 is 8.03 Å². The minimum atomic E-state index is -2.47. The zero-order valence-corrected chi connectivity index (χ0v) is 12.4. The van der Waals surface area contributed by atoms with E-state index in [1.807, 2.05) is 65.6 Å². The van der Waals surface area contributed by atoms with Crippen LogP contribution < -0.4 is 4.89 Å². The van der Waals surface area contributed by atoms with E-state index in [0.717, 1.165) is 11.1 Å². The molecule has 0 radical (unpaired) electrons. The summed E-state index contributed by atoms with van der Waals surface area (Å²) in [6, 6.07) is 19.9. The van der Waals surface area contributed by atoms with Crippen LogP contribution in [-0.4, -0.2) is 10.7 Å². The van der Waals surface area contributed by atoms with Crippen LogP contribution in [0.15, 0.2) is 60.7 Å². The van der Waals surface area contributed by atoms with Crippen LogP contribution in [0.4, 0.5) is 0 Å². The summed E-state index contributed by atoms with van der Waals surface area (Å²) in [4.78, 5) is 13.3. The molecule has 0 aliphatic heterocycles. The van der Waals surface area contributed by atoms with Crippen LogP contribution in [0.3, 0.4) is 0 Å². The second-order valence-electron chi connectivity index (χ2n) is 4.79. The summed E-state index contributed by atoms with van der Waals surface area (Å²) in [7, 11) is -2.47. The fraction of sp³-hybridized carbons (Fsp3) is 0.250. The fourth-order valence-corrected chi connectivity index (χ4v) is 2.52. The molecule has 1 unspecified atom stereocenters. The Bertz CT molecular complexity index is 503. The van der Waals surface area contributed by atoms with Gasteiger partial charge in [0.1, 0.15) is 0 Å². The first-order valence-electron chi connectivity index (χ1n) is 6.62. The Morgan fingerprint density at radius 3 is 1.70 bits per heavy atom. The second-order valence-corrected chi connectivity index (χ2v) is 6.11. The van der Waals surface area contributed by atoms with E-state index >= 15 is 0 Å². The number of rotatable bonds is 6. The predicted octanol–water partition coefficient (Wildman–Crippen LogP) is 3.14. The average Bonchev–Trinajstić information content (AvgIpc) is 2.48. The van der Waals surface area contributed by atoms with Crippen molar-refractivity contribution in [2.75, 3.05) is 0 Å². The highest BCUT2D eigenvalue weighted by molar-refractivity contribution is 7.37. The van der Waals surface area contributed by atoms with Gasteiger partial charge in [-0.1, -0.05) is 65.2 Å². The van der Waals surface area contributed by atoms with Gasteiger partial charge in [0.25, 0.3) is 0 Å². The van der Waals surface area contributed by atoms with E-state index in [-0.39, 0.29) is 0 Å². The van der Waals surface area contributed by atoms with Crippen molar-refractivity contribution in [2.45, 2.75) is 25.8 Å². The SMILES string of the molecule is C[C@H](N(Cc1ccccc1)Cc1ccccc1)[P+](=O)[O-]. The highest BCUT2D eigenvalue weighted by atomic mass is 31.1. The second kappa shape index (κ2) is 7.30. The molecule has 3 nitrogen and oxygen atoms in total. The van der Waals surface area contributed by atoms with E-state index < -0.39 is 13.8 Å². The largest absolute Gasteiger partial charge is 0.594 e. The van der Waals surface area contributed by atoms with E-state index in [1.165, 1.54) is 0 Å². The van der Waals surface area contributed by atoms with Gasteiger partial charge in [-0.2, -0.15) is 0 Å². The van der Waals surface area contributed by atoms with Crippen molar-refractivity contribution < 1.29 is 9.46 Å². The van der Waals surface area contributed by atoms with Gasteiger partial charge in [-0.15, -0.1) is 0 Å². The maximum atomic E-state index is 11.3. The Morgan fingerprint density at radius 2 is 1.35 bits per heavy atom. The molecule has 2 aromatic rings. The molecule has 2 atom stereocenters. The molecule has 0 aliphatic carbocycles. The number of hydrogen-bond acceptors (Lipinski definition) is 3. The molecule has 0 saturated carbocycles. The summed E-state index contributed by atoms with van der Waals surface area (Å²) >= 11 is 0. The lowest BCUT2D eigenvalue weighted by molar-refractivity contribution is -0.169. The molecule has 2 rings (SSSR count). The van der Waals surface area contributed by atoms with Gasteiger partial charge < -0.3 is 4.89 Å². The molecule has 0 aromatic heterocycles. The van der Waals surface area contributed by atoms with Gasteiger partial charge in [0.05, 0.1) is 0 Å². The Morgan fingerprint density at radius 1 is 0.950 bits per heavy atom. The number of benzene rings is 2. The van der Waals surface area contributed by atoms with E-state index in [0.29, 0.717) is 13.1 Å². The van der Waals surface area contributed by atoms with E-state index in [2.05, 4.69) is 0 Å². The van der Waals surface area contributed by atoms with Gasteiger partial charge in [-0.3, -0.25) is 4.90 Å². The lowest BCUT2D eigenvalue weighted by atomic mass is 10.1. The Labute approximate surface area is 120 Å². The molecular weight excluding hydrogens is 269 g/mol. The summed E-state index contributed by atoms with van der Waals surface area (Å²) in [5, 5.41) is 0. The van der Waals surface area contributed by atoms with Crippen LogP contribution in [0.25, 0.3) is 0 Å². The number of nitrogens with zero attached hydrogens (tertiary/aromatic N) is 1. The normalized spacial score (nSPS) is 13.2. The van der Waals surface area contributed by atoms with Crippen molar-refractivity contribution >= 4 is 8.03 Å². The average molecular weight is 287 g/mol. The lowest BCUT2D eigenvalue weighted by Crippen LogP contribution is -2.31. The van der Waals surface area contributed by atoms with Crippen molar-refractivity contribution in [1.82, 2.24) is 4.90 Å². The monoisotopic (exact) mass is 287 g/mol. The Balaban J connectivity index is 2.14. The molecule has 0 spiro atoms. The third-order valence-corrected chi connectivity index (χ3v) is 4.23. The van der Waals surface area contributed by atoms with Gasteiger partial charge >= 0.3 is 8.03 Å². The van der Waals surface area contributed by atoms with Gasteiger partial charge in [0.2, 0.25) is 5.78 Å². The summed E-state index contributed by atoms with van der Waals surface area (Å²) in [6.07, 6.45) is 0. The highest BCUT2D eigenvalue weighted by Crippen LogP contribution is 2.25. The van der Waals surface area contributed by atoms with Crippen molar-refractivity contribution in [1.29, 1.82) is 0 Å². The molecule has 0 heterocycles. The minimum absolute atomic E-state index is 0.481. The first kappa shape index (κ1) is 14.9. The molecule has 0 fully saturated rings. The third kappa shape index (κ3) is 4.24. The zero-order chi connectivity index (χ0) is 14.4. The summed E-state index contributed by atoms with van der Waals surface area (Å²) < 4.78 is 11.3. The van der Waals surface area contributed by atoms with Crippen molar-refractivity contribution in [2.24, 2.45) is 0 Å². The number of hydrogen-bond donors (Lipinski definition) is 0. The molecule has 2 aromatic carbocycles. The van der Waals surface area contributed by atoms with Crippen LogP contribution in [0.5, 0.6) is 0 Å². The standard InChI is InChI=1S/C16H18NO2P/c1-14(20(18)19)17(12-15-8-4-2-5-9-15)13-16-10-6-3-7-11-16/h2-11,14H,12-13H2,1H3/t14-/m1/s1. The molecule has 0 aliphatic rings. The van der Waals surface area contributed by atoms with Crippen molar-refractivity contribution in [3.05, 3.63) is 71.8 Å². The van der Waals surface area contributed by atoms with Crippen molar-refractivity contribution in [3.63, 3.8) is 0 Å². The summed E-state index contributed by atoms with van der Waals surface area (Å²) in [6.45, 7) is 2.98. The van der Waals surface area contributed by atoms with Gasteiger partial charge in [0.15, 0.2) is 0 Å². The molecule has 20 heavy (non-hydrogen) atoms. The summed E-state index contributed by atoms with van der Waals surface area (Å²) in [5.41, 5.74) is 2.24. The maximum Gasteiger partial charge on any atom is 0.327 e. The highest BCUT2D eigenvalue weighted by Gasteiger charge is 2.24. The first-order valence-corrected chi connectivity index (χ1v) is 7.87. The fourth-order valence-electron chi connectivity index (χ4n) is 2.09. The van der Waals surface area contributed by atoms with Crippen LogP contribution in [0.2, 0.25) is 0 Å². The molecule has 4 heteroatoms. The molecule has 104 valence electrons. The van der Waals surface area contributed by atoms with Crippen molar-refractivity contribution in [3.8, 4) is 0 Å². The molecule has 0 bridgehead atoms. The van der Waals surface area contributed by atoms with Crippen LogP contribution in [0, 0.1) is 0 Å². The van der Waals surface area contributed by atoms with Crippen LogP contribution in [0.1, 0.15) is 18.1 Å². The smallest absolute Gasteiger partial charge is 0.327 e. The summed E-state index contributed by atoms with van der Waals surface area (Å²) in [5.74, 6) is -0.481. The van der Waals surface area contributed by atoms with Gasteiger partial charge in [-0.25, -0.2) is 0 Å². The van der Waals surface area contributed by atoms with Gasteiger partial charge in [0, 0.05) is 13.1 Å². The molecule has 0 N–H and O–H groups in total. The predicted molar refractivity (Wildman–Crippen MR) is 79.2 cm³/mol. The van der Waals surface area contributed by atoms with Crippen LogP contribution in [-0.2, 0) is 17.7 Å².